The zero-order chi connectivity index (χ0) is 14.3. The van der Waals surface area contributed by atoms with Gasteiger partial charge in [-0.1, -0.05) is 11.8 Å². The molecule has 0 N–H and O–H groups in total. The van der Waals surface area contributed by atoms with Gasteiger partial charge in [-0.3, -0.25) is 0 Å². The van der Waals surface area contributed by atoms with E-state index >= 15 is 0 Å². The Morgan fingerprint density at radius 1 is 1.20 bits per heavy atom. The molecule has 2 aromatic rings. The van der Waals surface area contributed by atoms with Gasteiger partial charge < -0.3 is 0 Å². The molecular formula is C11H6F4N4S. The summed E-state index contributed by atoms with van der Waals surface area (Å²) in [4.78, 5) is 0. The summed E-state index contributed by atoms with van der Waals surface area (Å²) in [6.07, 6.45) is -2.84. The maximum atomic E-state index is 13.7. The number of nitrogens with zero attached hydrogens (tertiary/aromatic N) is 4. The van der Waals surface area contributed by atoms with E-state index < -0.39 is 23.9 Å². The van der Waals surface area contributed by atoms with Gasteiger partial charge in [0.15, 0.2) is 0 Å². The molecule has 0 saturated heterocycles. The Morgan fingerprint density at radius 2 is 2.00 bits per heavy atom. The molecule has 0 fully saturated rings. The maximum absolute atomic E-state index is 13.7. The zero-order valence-corrected chi connectivity index (χ0v) is 10.5. The molecule has 0 atom stereocenters. The lowest BCUT2D eigenvalue weighted by Gasteiger charge is -2.14. The topological polar surface area (TPSA) is 43.1 Å². The molecule has 104 valence electrons. The second-order valence-electron chi connectivity index (χ2n) is 3.91. The molecule has 1 aliphatic rings. The first-order chi connectivity index (χ1) is 9.56. The van der Waals surface area contributed by atoms with Gasteiger partial charge in [-0.05, 0) is 12.1 Å². The largest absolute Gasteiger partial charge is 0.299 e. The second kappa shape index (κ2) is 4.89. The number of hydrogen-bond acceptors (Lipinski definition) is 4. The molecule has 1 aromatic heterocycles. The molecule has 20 heavy (non-hydrogen) atoms. The molecule has 9 heteroatoms. The summed E-state index contributed by atoms with van der Waals surface area (Å²) in [5.74, 6) is -1.87. The van der Waals surface area contributed by atoms with Gasteiger partial charge in [-0.2, -0.15) is 9.78 Å². The van der Waals surface area contributed by atoms with Crippen molar-refractivity contribution < 1.29 is 17.6 Å². The first-order valence-electron chi connectivity index (χ1n) is 5.46. The van der Waals surface area contributed by atoms with Crippen molar-refractivity contribution in [1.82, 2.24) is 14.9 Å². The average Bonchev–Trinajstić information content (AvgIpc) is 2.81. The molecule has 0 unspecified atom stereocenters. The van der Waals surface area contributed by atoms with Crippen LogP contribution in [0.25, 0.3) is 0 Å². The number of rotatable bonds is 2. The monoisotopic (exact) mass is 302 g/mol. The number of halogens is 4. The van der Waals surface area contributed by atoms with Crippen LogP contribution >= 0.6 is 11.8 Å². The van der Waals surface area contributed by atoms with E-state index in [-0.39, 0.29) is 22.2 Å². The third-order valence-electron chi connectivity index (χ3n) is 2.63. The van der Waals surface area contributed by atoms with Crippen molar-refractivity contribution in [2.24, 2.45) is 5.10 Å². The Morgan fingerprint density at radius 3 is 2.70 bits per heavy atom. The normalized spacial score (nSPS) is 14.3. The zero-order valence-electron chi connectivity index (χ0n) is 9.73. The highest BCUT2D eigenvalue weighted by Crippen LogP contribution is 2.28. The molecule has 0 radical (unpaired) electrons. The van der Waals surface area contributed by atoms with E-state index in [4.69, 9.17) is 0 Å². The van der Waals surface area contributed by atoms with E-state index in [0.717, 1.165) is 28.6 Å². The van der Waals surface area contributed by atoms with Crippen molar-refractivity contribution in [2.45, 2.75) is 11.6 Å². The molecule has 4 nitrogen and oxygen atoms in total. The van der Waals surface area contributed by atoms with E-state index in [9.17, 15) is 17.6 Å². The summed E-state index contributed by atoms with van der Waals surface area (Å²) in [5, 5.41) is 11.1. The predicted octanol–water partition coefficient (Wildman–Crippen LogP) is 2.85. The molecule has 0 amide bonds. The average molecular weight is 302 g/mol. The maximum Gasteiger partial charge on any atom is 0.299 e. The van der Waals surface area contributed by atoms with E-state index in [0.29, 0.717) is 0 Å². The standard InChI is InChI=1S/C11H6F4N4S/c12-5-1-2-6(7(13)3-5)8-4-20-11-17-16-10(9(14)15)19(11)18-8/h1-3,9H,4H2. The van der Waals surface area contributed by atoms with Gasteiger partial charge in [-0.25, -0.2) is 17.6 Å². The van der Waals surface area contributed by atoms with E-state index in [2.05, 4.69) is 15.3 Å². The minimum absolute atomic E-state index is 0.0680. The molecule has 0 aliphatic carbocycles. The van der Waals surface area contributed by atoms with Gasteiger partial charge in [0.2, 0.25) is 11.0 Å². The van der Waals surface area contributed by atoms with Gasteiger partial charge >= 0.3 is 0 Å². The molecule has 0 spiro atoms. The minimum atomic E-state index is -2.84. The van der Waals surface area contributed by atoms with Crippen LogP contribution in [0.4, 0.5) is 17.6 Å². The first-order valence-corrected chi connectivity index (χ1v) is 6.44. The lowest BCUT2D eigenvalue weighted by atomic mass is 10.1. The van der Waals surface area contributed by atoms with Crippen LogP contribution in [-0.2, 0) is 0 Å². The Bertz CT molecular complexity index is 698. The molecule has 2 heterocycles. The summed E-state index contributed by atoms with van der Waals surface area (Å²) >= 11 is 1.11. The number of alkyl halides is 2. The fourth-order valence-electron chi connectivity index (χ4n) is 1.73. The lowest BCUT2D eigenvalue weighted by molar-refractivity contribution is 0.135. The smallest absolute Gasteiger partial charge is 0.207 e. The Kier molecular flexibility index (Phi) is 3.20. The van der Waals surface area contributed by atoms with Crippen LogP contribution in [0.5, 0.6) is 0 Å². The number of benzene rings is 1. The number of thioether (sulfide) groups is 1. The molecule has 1 aromatic carbocycles. The fraction of sp³-hybridized carbons (Fsp3) is 0.182. The Hall–Kier alpha value is -1.90. The summed E-state index contributed by atoms with van der Waals surface area (Å²) in [7, 11) is 0. The van der Waals surface area contributed by atoms with Crippen LogP contribution in [-0.4, -0.2) is 26.3 Å². The first kappa shape index (κ1) is 13.1. The van der Waals surface area contributed by atoms with Crippen LogP contribution in [0.3, 0.4) is 0 Å². The summed E-state index contributed by atoms with van der Waals surface area (Å²) in [6, 6.07) is 3.03. The molecular weight excluding hydrogens is 296 g/mol. The molecule has 0 saturated carbocycles. The minimum Gasteiger partial charge on any atom is -0.207 e. The predicted molar refractivity (Wildman–Crippen MR) is 64.0 cm³/mol. The SMILES string of the molecule is Fc1ccc(C2=Nn3c(nnc3C(F)F)SC2)c(F)c1. The van der Waals surface area contributed by atoms with E-state index in [1.807, 2.05) is 0 Å². The van der Waals surface area contributed by atoms with Crippen molar-refractivity contribution >= 4 is 17.5 Å². The van der Waals surface area contributed by atoms with Gasteiger partial charge in [-0.15, -0.1) is 10.2 Å². The summed E-state index contributed by atoms with van der Waals surface area (Å²) < 4.78 is 52.9. The van der Waals surface area contributed by atoms with E-state index in [1.54, 1.807) is 0 Å². The van der Waals surface area contributed by atoms with Gasteiger partial charge in [0.05, 0.1) is 5.71 Å². The quantitative estimate of drug-likeness (QED) is 0.801. The molecule has 0 bridgehead atoms. The molecule has 1 aliphatic heterocycles. The van der Waals surface area contributed by atoms with Crippen molar-refractivity contribution in [3.05, 3.63) is 41.2 Å². The highest BCUT2D eigenvalue weighted by molar-refractivity contribution is 7.99. The van der Waals surface area contributed by atoms with Crippen molar-refractivity contribution in [2.75, 3.05) is 5.75 Å². The highest BCUT2D eigenvalue weighted by Gasteiger charge is 2.25. The third-order valence-corrected chi connectivity index (χ3v) is 3.56. The third kappa shape index (κ3) is 2.17. The fourth-order valence-corrected chi connectivity index (χ4v) is 2.57. The second-order valence-corrected chi connectivity index (χ2v) is 4.86. The number of fused-ring (bicyclic) bond motifs is 1. The van der Waals surface area contributed by atoms with Crippen LogP contribution < -0.4 is 0 Å². The van der Waals surface area contributed by atoms with Crippen LogP contribution in [0.2, 0.25) is 0 Å². The van der Waals surface area contributed by atoms with Crippen molar-refractivity contribution in [3.8, 4) is 0 Å². The Labute approximate surface area is 114 Å². The summed E-state index contributed by atoms with van der Waals surface area (Å²) in [5.41, 5.74) is 0.292. The molecule has 3 rings (SSSR count). The van der Waals surface area contributed by atoms with Crippen LogP contribution in [0.1, 0.15) is 17.8 Å². The van der Waals surface area contributed by atoms with Gasteiger partial charge in [0.25, 0.3) is 6.43 Å². The Balaban J connectivity index is 2.07. The number of hydrogen-bond donors (Lipinski definition) is 0. The van der Waals surface area contributed by atoms with Crippen LogP contribution in [0.15, 0.2) is 28.5 Å². The number of aromatic nitrogens is 3. The summed E-state index contributed by atoms with van der Waals surface area (Å²) in [6.45, 7) is 0. The lowest BCUT2D eigenvalue weighted by Crippen LogP contribution is -2.16. The van der Waals surface area contributed by atoms with Crippen molar-refractivity contribution in [3.63, 3.8) is 0 Å². The highest BCUT2D eigenvalue weighted by atomic mass is 32.2. The van der Waals surface area contributed by atoms with Crippen molar-refractivity contribution in [1.29, 1.82) is 0 Å². The van der Waals surface area contributed by atoms with Gasteiger partial charge in [0, 0.05) is 17.4 Å². The van der Waals surface area contributed by atoms with Crippen LogP contribution in [0, 0.1) is 11.6 Å². The van der Waals surface area contributed by atoms with E-state index in [1.165, 1.54) is 6.07 Å². The van der Waals surface area contributed by atoms with Gasteiger partial charge in [0.1, 0.15) is 11.6 Å².